The molecule has 2 aliphatic rings. The average molecular weight is 384 g/mol. The van der Waals surface area contributed by atoms with Gasteiger partial charge in [0, 0.05) is 28.9 Å². The van der Waals surface area contributed by atoms with E-state index in [4.69, 9.17) is 11.6 Å². The molecule has 2 aromatic carbocycles. The van der Waals surface area contributed by atoms with Crippen LogP contribution in [0, 0.1) is 12.8 Å². The highest BCUT2D eigenvalue weighted by atomic mass is 35.5. The van der Waals surface area contributed by atoms with Crippen molar-refractivity contribution in [2.75, 3.05) is 11.9 Å². The number of hydrogen-bond acceptors (Lipinski definition) is 2. The molecule has 0 aromatic heterocycles. The lowest BCUT2D eigenvalue weighted by atomic mass is 10.1. The number of likely N-dealkylation sites (tertiary alicyclic amines) is 1. The number of anilines is 1. The van der Waals surface area contributed by atoms with Gasteiger partial charge in [0.2, 0.25) is 0 Å². The van der Waals surface area contributed by atoms with E-state index < -0.39 is 0 Å². The van der Waals surface area contributed by atoms with Gasteiger partial charge < -0.3 is 15.5 Å². The molecular formula is C21H22ClN3O2. The molecule has 27 heavy (non-hydrogen) atoms. The van der Waals surface area contributed by atoms with Crippen molar-refractivity contribution in [2.45, 2.75) is 31.8 Å². The minimum absolute atomic E-state index is 0.00600. The molecular weight excluding hydrogens is 362 g/mol. The number of benzene rings is 2. The highest BCUT2D eigenvalue weighted by molar-refractivity contribution is 6.30. The Labute approximate surface area is 163 Å². The van der Waals surface area contributed by atoms with E-state index in [0.717, 1.165) is 30.6 Å². The maximum absolute atomic E-state index is 12.8. The zero-order chi connectivity index (χ0) is 19.0. The smallest absolute Gasteiger partial charge is 0.322 e. The van der Waals surface area contributed by atoms with Gasteiger partial charge in [0.1, 0.15) is 0 Å². The van der Waals surface area contributed by atoms with Crippen molar-refractivity contribution in [3.63, 3.8) is 0 Å². The third-order valence-electron chi connectivity index (χ3n) is 5.53. The summed E-state index contributed by atoms with van der Waals surface area (Å²) in [6, 6.07) is 14.5. The van der Waals surface area contributed by atoms with Crippen LogP contribution in [0.3, 0.4) is 0 Å². The highest BCUT2D eigenvalue weighted by Crippen LogP contribution is 2.38. The SMILES string of the molecule is Cc1cc(Cl)ccc1NC(=O)N1CC2CC(NC(=O)c3ccccc3)C1C2. The van der Waals surface area contributed by atoms with Crippen molar-refractivity contribution in [2.24, 2.45) is 5.92 Å². The maximum Gasteiger partial charge on any atom is 0.322 e. The lowest BCUT2D eigenvalue weighted by Crippen LogP contribution is -2.53. The van der Waals surface area contributed by atoms with E-state index in [2.05, 4.69) is 10.6 Å². The molecule has 1 saturated heterocycles. The Morgan fingerprint density at radius 2 is 1.89 bits per heavy atom. The number of rotatable bonds is 3. The number of carbonyl (C=O) groups excluding carboxylic acids is 2. The van der Waals surface area contributed by atoms with Crippen molar-refractivity contribution < 1.29 is 9.59 Å². The van der Waals surface area contributed by atoms with Gasteiger partial charge in [-0.3, -0.25) is 4.79 Å². The first-order valence-corrected chi connectivity index (χ1v) is 9.59. The number of amides is 3. The molecule has 3 atom stereocenters. The van der Waals surface area contributed by atoms with Gasteiger partial charge >= 0.3 is 6.03 Å². The minimum Gasteiger partial charge on any atom is -0.347 e. The summed E-state index contributed by atoms with van der Waals surface area (Å²) in [5.41, 5.74) is 2.33. The normalized spacial score (nSPS) is 23.3. The van der Waals surface area contributed by atoms with Crippen molar-refractivity contribution in [3.8, 4) is 0 Å². The van der Waals surface area contributed by atoms with Crippen LogP contribution >= 0.6 is 11.6 Å². The Kier molecular flexibility index (Phi) is 4.79. The summed E-state index contributed by atoms with van der Waals surface area (Å²) < 4.78 is 0. The average Bonchev–Trinajstić information content (AvgIpc) is 3.25. The molecule has 2 N–H and O–H groups in total. The van der Waals surface area contributed by atoms with Gasteiger partial charge in [-0.1, -0.05) is 29.8 Å². The Morgan fingerprint density at radius 1 is 1.11 bits per heavy atom. The van der Waals surface area contributed by atoms with Crippen LogP contribution in [0.1, 0.15) is 28.8 Å². The van der Waals surface area contributed by atoms with E-state index in [1.165, 1.54) is 0 Å². The first-order chi connectivity index (χ1) is 13.0. The fourth-order valence-electron chi connectivity index (χ4n) is 4.21. The van der Waals surface area contributed by atoms with Crippen LogP contribution in [0.2, 0.25) is 5.02 Å². The molecule has 2 bridgehead atoms. The van der Waals surface area contributed by atoms with E-state index in [1.54, 1.807) is 18.2 Å². The summed E-state index contributed by atoms with van der Waals surface area (Å²) in [4.78, 5) is 27.1. The van der Waals surface area contributed by atoms with Crippen molar-refractivity contribution in [1.82, 2.24) is 10.2 Å². The number of carbonyl (C=O) groups is 2. The molecule has 2 aromatic rings. The molecule has 5 nitrogen and oxygen atoms in total. The van der Waals surface area contributed by atoms with Gasteiger partial charge in [-0.2, -0.15) is 0 Å². The topological polar surface area (TPSA) is 61.4 Å². The van der Waals surface area contributed by atoms with Crippen LogP contribution in [-0.2, 0) is 0 Å². The van der Waals surface area contributed by atoms with Gasteiger partial charge in [-0.25, -0.2) is 4.79 Å². The number of nitrogens with zero attached hydrogens (tertiary/aromatic N) is 1. The predicted octanol–water partition coefficient (Wildman–Crippen LogP) is 4.07. The molecule has 0 spiro atoms. The Bertz CT molecular complexity index is 871. The Balaban J connectivity index is 1.43. The van der Waals surface area contributed by atoms with Crippen molar-refractivity contribution in [3.05, 3.63) is 64.7 Å². The number of piperidine rings is 1. The van der Waals surface area contributed by atoms with Gasteiger partial charge in [-0.05, 0) is 61.6 Å². The van der Waals surface area contributed by atoms with Crippen LogP contribution in [0.25, 0.3) is 0 Å². The van der Waals surface area contributed by atoms with Gasteiger partial charge in [0.15, 0.2) is 0 Å². The van der Waals surface area contributed by atoms with Crippen LogP contribution in [0.5, 0.6) is 0 Å². The summed E-state index contributed by atoms with van der Waals surface area (Å²) in [5.74, 6) is 0.357. The Hall–Kier alpha value is -2.53. The molecule has 3 amide bonds. The molecule has 1 aliphatic heterocycles. The molecule has 6 heteroatoms. The molecule has 3 unspecified atom stereocenters. The number of fused-ring (bicyclic) bond motifs is 2. The van der Waals surface area contributed by atoms with Crippen LogP contribution in [0.4, 0.5) is 10.5 Å². The van der Waals surface area contributed by atoms with Gasteiger partial charge in [0.25, 0.3) is 5.91 Å². The van der Waals surface area contributed by atoms with E-state index in [1.807, 2.05) is 42.2 Å². The minimum atomic E-state index is -0.119. The second kappa shape index (κ2) is 7.24. The van der Waals surface area contributed by atoms with Gasteiger partial charge in [-0.15, -0.1) is 0 Å². The fourth-order valence-corrected chi connectivity index (χ4v) is 4.44. The summed E-state index contributed by atoms with van der Waals surface area (Å²) in [6.07, 6.45) is 1.86. The summed E-state index contributed by atoms with van der Waals surface area (Å²) in [6.45, 7) is 2.65. The second-order valence-corrected chi connectivity index (χ2v) is 7.83. The van der Waals surface area contributed by atoms with E-state index in [0.29, 0.717) is 16.5 Å². The predicted molar refractivity (Wildman–Crippen MR) is 106 cm³/mol. The highest BCUT2D eigenvalue weighted by Gasteiger charge is 2.47. The van der Waals surface area contributed by atoms with Crippen LogP contribution in [0.15, 0.2) is 48.5 Å². The van der Waals surface area contributed by atoms with E-state index in [9.17, 15) is 9.59 Å². The monoisotopic (exact) mass is 383 g/mol. The van der Waals surface area contributed by atoms with Crippen molar-refractivity contribution in [1.29, 1.82) is 0 Å². The molecule has 0 radical (unpaired) electrons. The van der Waals surface area contributed by atoms with Crippen LogP contribution in [-0.4, -0.2) is 35.5 Å². The molecule has 1 aliphatic carbocycles. The molecule has 1 heterocycles. The van der Waals surface area contributed by atoms with Gasteiger partial charge in [0.05, 0.1) is 6.04 Å². The van der Waals surface area contributed by atoms with E-state index in [-0.39, 0.29) is 24.0 Å². The molecule has 140 valence electrons. The number of aryl methyl sites for hydroxylation is 1. The summed E-state index contributed by atoms with van der Waals surface area (Å²) >= 11 is 5.99. The quantitative estimate of drug-likeness (QED) is 0.839. The third kappa shape index (κ3) is 3.65. The second-order valence-electron chi connectivity index (χ2n) is 7.39. The summed E-state index contributed by atoms with van der Waals surface area (Å²) in [7, 11) is 0. The van der Waals surface area contributed by atoms with Crippen LogP contribution < -0.4 is 10.6 Å². The number of hydrogen-bond donors (Lipinski definition) is 2. The lowest BCUT2D eigenvalue weighted by molar-refractivity contribution is 0.0906. The largest absolute Gasteiger partial charge is 0.347 e. The molecule has 4 rings (SSSR count). The third-order valence-corrected chi connectivity index (χ3v) is 5.76. The number of nitrogens with one attached hydrogen (secondary N) is 2. The lowest BCUT2D eigenvalue weighted by Gasteiger charge is -2.33. The number of halogens is 1. The zero-order valence-corrected chi connectivity index (χ0v) is 15.9. The molecule has 2 fully saturated rings. The maximum atomic E-state index is 12.8. The first kappa shape index (κ1) is 17.9. The molecule has 1 saturated carbocycles. The zero-order valence-electron chi connectivity index (χ0n) is 15.1. The summed E-state index contributed by atoms with van der Waals surface area (Å²) in [5, 5.41) is 6.75. The first-order valence-electron chi connectivity index (χ1n) is 9.21. The fraction of sp³-hybridized carbons (Fsp3) is 0.333. The standard InChI is InChI=1S/C21H22ClN3O2/c1-13-9-16(22)7-8-17(13)24-21(27)25-12-14-10-18(19(25)11-14)23-20(26)15-5-3-2-4-6-15/h2-9,14,18-19H,10-12H2,1H3,(H,23,26)(H,24,27). The van der Waals surface area contributed by atoms with E-state index >= 15 is 0 Å². The van der Waals surface area contributed by atoms with Crippen molar-refractivity contribution >= 4 is 29.2 Å². The Morgan fingerprint density at radius 3 is 2.59 bits per heavy atom. The number of urea groups is 1.